The summed E-state index contributed by atoms with van der Waals surface area (Å²) in [6.07, 6.45) is -0.794. The van der Waals surface area contributed by atoms with E-state index in [1.807, 2.05) is 32.0 Å². The molecule has 1 aliphatic heterocycles. The van der Waals surface area contributed by atoms with Crippen molar-refractivity contribution in [2.75, 3.05) is 5.32 Å². The number of hydrogen-bond acceptors (Lipinski definition) is 5. The molecule has 0 aliphatic carbocycles. The standard InChI is InChI=1S/C21H20N4O3S/c1-14-10-12-16(13-11-14)29(27,28)24-25-20(19-9-5-6-15(2)22-19)23-18-8-4-3-7-17(18)21(25)26/h3-13,20,23-24H,1-2H3/t20-/m1/s1. The number of aryl methyl sites for hydroxylation is 2. The number of amides is 1. The van der Waals surface area contributed by atoms with Crippen molar-refractivity contribution in [1.82, 2.24) is 14.8 Å². The molecule has 0 bridgehead atoms. The number of carbonyl (C=O) groups excluding carboxylic acids is 1. The molecule has 1 aromatic heterocycles. The molecule has 7 nitrogen and oxygen atoms in total. The molecule has 0 saturated heterocycles. The van der Waals surface area contributed by atoms with Crippen LogP contribution in [-0.2, 0) is 10.0 Å². The molecule has 0 unspecified atom stereocenters. The van der Waals surface area contributed by atoms with Crippen molar-refractivity contribution in [3.05, 3.63) is 89.2 Å². The van der Waals surface area contributed by atoms with E-state index in [0.717, 1.165) is 16.3 Å². The molecule has 2 N–H and O–H groups in total. The molecule has 1 aliphatic rings. The third-order valence-electron chi connectivity index (χ3n) is 4.67. The number of sulfonamides is 1. The van der Waals surface area contributed by atoms with Crippen LogP contribution in [0, 0.1) is 13.8 Å². The zero-order chi connectivity index (χ0) is 20.6. The van der Waals surface area contributed by atoms with Crippen LogP contribution in [0.3, 0.4) is 0 Å². The van der Waals surface area contributed by atoms with Gasteiger partial charge in [0.2, 0.25) is 0 Å². The summed E-state index contributed by atoms with van der Waals surface area (Å²) in [5.41, 5.74) is 3.23. The maximum Gasteiger partial charge on any atom is 0.273 e. The van der Waals surface area contributed by atoms with Crippen molar-refractivity contribution in [2.24, 2.45) is 0 Å². The number of carbonyl (C=O) groups is 1. The number of aromatic nitrogens is 1. The predicted molar refractivity (Wildman–Crippen MR) is 109 cm³/mol. The van der Waals surface area contributed by atoms with Crippen molar-refractivity contribution < 1.29 is 13.2 Å². The minimum Gasteiger partial charge on any atom is -0.358 e. The van der Waals surface area contributed by atoms with Crippen molar-refractivity contribution >= 4 is 21.6 Å². The zero-order valence-corrected chi connectivity index (χ0v) is 16.8. The Morgan fingerprint density at radius 1 is 0.966 bits per heavy atom. The van der Waals surface area contributed by atoms with Gasteiger partial charge in [0.15, 0.2) is 6.17 Å². The van der Waals surface area contributed by atoms with Gasteiger partial charge >= 0.3 is 0 Å². The molecule has 8 heteroatoms. The quantitative estimate of drug-likeness (QED) is 0.692. The molecule has 0 saturated carbocycles. The maximum atomic E-state index is 13.2. The van der Waals surface area contributed by atoms with Gasteiger partial charge in [0.1, 0.15) is 0 Å². The van der Waals surface area contributed by atoms with E-state index in [-0.39, 0.29) is 4.90 Å². The van der Waals surface area contributed by atoms with Gasteiger partial charge in [-0.25, -0.2) is 13.4 Å². The third-order valence-corrected chi connectivity index (χ3v) is 6.00. The lowest BCUT2D eigenvalue weighted by Gasteiger charge is -2.37. The number of nitrogens with one attached hydrogen (secondary N) is 2. The summed E-state index contributed by atoms with van der Waals surface area (Å²) in [7, 11) is -3.98. The number of fused-ring (bicyclic) bond motifs is 1. The van der Waals surface area contributed by atoms with E-state index in [0.29, 0.717) is 16.9 Å². The molecule has 2 heterocycles. The van der Waals surface area contributed by atoms with Crippen molar-refractivity contribution in [1.29, 1.82) is 0 Å². The number of rotatable bonds is 4. The average Bonchev–Trinajstić information content (AvgIpc) is 2.70. The summed E-state index contributed by atoms with van der Waals surface area (Å²) < 4.78 is 25.9. The van der Waals surface area contributed by atoms with Gasteiger partial charge in [-0.1, -0.05) is 35.9 Å². The van der Waals surface area contributed by atoms with Gasteiger partial charge in [0.25, 0.3) is 15.9 Å². The van der Waals surface area contributed by atoms with Gasteiger partial charge in [-0.15, -0.1) is 4.83 Å². The molecule has 1 atom stereocenters. The Kier molecular flexibility index (Phi) is 4.81. The molecule has 2 aromatic carbocycles. The molecule has 29 heavy (non-hydrogen) atoms. The van der Waals surface area contributed by atoms with Crippen molar-refractivity contribution in [3.8, 4) is 0 Å². The molecule has 3 aromatic rings. The van der Waals surface area contributed by atoms with Crippen LogP contribution in [0.5, 0.6) is 0 Å². The second-order valence-electron chi connectivity index (χ2n) is 6.88. The Hall–Kier alpha value is -3.23. The third kappa shape index (κ3) is 3.72. The van der Waals surface area contributed by atoms with Gasteiger partial charge in [-0.2, -0.15) is 0 Å². The van der Waals surface area contributed by atoms with Crippen LogP contribution in [0.4, 0.5) is 5.69 Å². The van der Waals surface area contributed by atoms with Crippen molar-refractivity contribution in [2.45, 2.75) is 24.9 Å². The summed E-state index contributed by atoms with van der Waals surface area (Å²) in [6.45, 7) is 3.71. The first-order valence-electron chi connectivity index (χ1n) is 9.07. The van der Waals surface area contributed by atoms with Gasteiger partial charge in [0.05, 0.1) is 16.2 Å². The molecule has 0 fully saturated rings. The van der Waals surface area contributed by atoms with Gasteiger partial charge in [-0.05, 0) is 50.2 Å². The SMILES string of the molecule is Cc1ccc(S(=O)(=O)NN2C(=O)c3ccccc3N[C@H]2c2cccc(C)n2)cc1. The summed E-state index contributed by atoms with van der Waals surface area (Å²) in [6, 6.07) is 18.8. The highest BCUT2D eigenvalue weighted by Crippen LogP contribution is 2.31. The van der Waals surface area contributed by atoms with E-state index in [4.69, 9.17) is 0 Å². The Bertz CT molecular complexity index is 1180. The first kappa shape index (κ1) is 19.1. The van der Waals surface area contributed by atoms with Crippen LogP contribution < -0.4 is 10.1 Å². The summed E-state index contributed by atoms with van der Waals surface area (Å²) in [5.74, 6) is -0.455. The molecular weight excluding hydrogens is 388 g/mol. The Morgan fingerprint density at radius 3 is 2.41 bits per heavy atom. The summed E-state index contributed by atoms with van der Waals surface area (Å²) >= 11 is 0. The average molecular weight is 408 g/mol. The maximum absolute atomic E-state index is 13.2. The van der Waals surface area contributed by atoms with Gasteiger partial charge in [-0.3, -0.25) is 9.78 Å². The first-order valence-corrected chi connectivity index (χ1v) is 10.6. The van der Waals surface area contributed by atoms with Crippen LogP contribution in [0.15, 0.2) is 71.6 Å². The van der Waals surface area contributed by atoms with Crippen LogP contribution >= 0.6 is 0 Å². The minimum atomic E-state index is -3.98. The number of hydrazine groups is 1. The van der Waals surface area contributed by atoms with Gasteiger partial charge < -0.3 is 5.32 Å². The minimum absolute atomic E-state index is 0.0747. The van der Waals surface area contributed by atoms with Crippen LogP contribution in [0.25, 0.3) is 0 Å². The zero-order valence-electron chi connectivity index (χ0n) is 16.0. The molecular formula is C21H20N4O3S. The molecule has 4 rings (SSSR count). The first-order chi connectivity index (χ1) is 13.8. The second kappa shape index (κ2) is 7.31. The Labute approximate surface area is 169 Å². The fourth-order valence-electron chi connectivity index (χ4n) is 3.17. The number of benzene rings is 2. The lowest BCUT2D eigenvalue weighted by atomic mass is 10.1. The fourth-order valence-corrected chi connectivity index (χ4v) is 4.22. The van der Waals surface area contributed by atoms with E-state index in [2.05, 4.69) is 15.1 Å². The van der Waals surface area contributed by atoms with E-state index >= 15 is 0 Å². The summed E-state index contributed by atoms with van der Waals surface area (Å²) in [4.78, 5) is 20.2. The highest BCUT2D eigenvalue weighted by Gasteiger charge is 2.36. The lowest BCUT2D eigenvalue weighted by molar-refractivity contribution is 0.0628. The highest BCUT2D eigenvalue weighted by molar-refractivity contribution is 7.89. The second-order valence-corrected chi connectivity index (χ2v) is 8.54. The van der Waals surface area contributed by atoms with E-state index in [1.54, 1.807) is 36.4 Å². The number of para-hydroxylation sites is 1. The fraction of sp³-hybridized carbons (Fsp3) is 0.143. The summed E-state index contributed by atoms with van der Waals surface area (Å²) in [5, 5.41) is 4.30. The van der Waals surface area contributed by atoms with E-state index in [1.165, 1.54) is 12.1 Å². The smallest absolute Gasteiger partial charge is 0.273 e. The van der Waals surface area contributed by atoms with E-state index in [9.17, 15) is 13.2 Å². The number of pyridine rings is 1. The number of hydrogen-bond donors (Lipinski definition) is 2. The normalized spacial score (nSPS) is 16.3. The van der Waals surface area contributed by atoms with E-state index < -0.39 is 22.1 Å². The van der Waals surface area contributed by atoms with Crippen molar-refractivity contribution in [3.63, 3.8) is 0 Å². The van der Waals surface area contributed by atoms with Gasteiger partial charge in [0, 0.05) is 11.4 Å². The Morgan fingerprint density at radius 2 is 1.69 bits per heavy atom. The van der Waals surface area contributed by atoms with Crippen LogP contribution in [0.1, 0.15) is 33.5 Å². The molecule has 148 valence electrons. The van der Waals surface area contributed by atoms with Crippen LogP contribution in [0.2, 0.25) is 0 Å². The lowest BCUT2D eigenvalue weighted by Crippen LogP contribution is -2.52. The molecule has 0 radical (unpaired) electrons. The topological polar surface area (TPSA) is 91.4 Å². The Balaban J connectivity index is 1.77. The number of anilines is 1. The largest absolute Gasteiger partial charge is 0.358 e. The number of nitrogens with zero attached hydrogens (tertiary/aromatic N) is 2. The predicted octanol–water partition coefficient (Wildman–Crippen LogP) is 3.16. The van der Waals surface area contributed by atoms with Crippen LogP contribution in [-0.4, -0.2) is 24.3 Å². The molecule has 1 amide bonds. The monoisotopic (exact) mass is 408 g/mol. The highest BCUT2D eigenvalue weighted by atomic mass is 32.2. The molecule has 0 spiro atoms.